The normalized spacial score (nSPS) is 22.1. The molecule has 2 saturated heterocycles. The van der Waals surface area contributed by atoms with Crippen LogP contribution >= 0.6 is 23.2 Å². The second-order valence-corrected chi connectivity index (χ2v) is 8.07. The summed E-state index contributed by atoms with van der Waals surface area (Å²) in [6, 6.07) is 4.93. The highest BCUT2D eigenvalue weighted by Gasteiger charge is 2.32. The first-order valence-electron chi connectivity index (χ1n) is 8.99. The Kier molecular flexibility index (Phi) is 5.90. The fourth-order valence-electron chi connectivity index (χ4n) is 3.81. The maximum Gasteiger partial charge on any atom is 0.255 e. The molecule has 0 aromatic heterocycles. The molecule has 3 rings (SSSR count). The maximum atomic E-state index is 12.7. The van der Waals surface area contributed by atoms with Crippen molar-refractivity contribution < 1.29 is 9.59 Å². The van der Waals surface area contributed by atoms with Crippen molar-refractivity contribution >= 4 is 35.0 Å². The molecule has 1 unspecified atom stereocenters. The van der Waals surface area contributed by atoms with Crippen LogP contribution in [-0.2, 0) is 4.79 Å². The lowest BCUT2D eigenvalue weighted by Gasteiger charge is -2.37. The van der Waals surface area contributed by atoms with E-state index in [9.17, 15) is 9.59 Å². The summed E-state index contributed by atoms with van der Waals surface area (Å²) >= 11 is 12.1. The molecular formula is C19H24Cl2N2O2. The van der Waals surface area contributed by atoms with Gasteiger partial charge >= 0.3 is 0 Å². The van der Waals surface area contributed by atoms with Gasteiger partial charge in [-0.3, -0.25) is 9.59 Å². The van der Waals surface area contributed by atoms with Crippen LogP contribution in [0.25, 0.3) is 0 Å². The summed E-state index contributed by atoms with van der Waals surface area (Å²) in [7, 11) is 0. The van der Waals surface area contributed by atoms with E-state index in [0.29, 0.717) is 47.5 Å². The van der Waals surface area contributed by atoms with Crippen molar-refractivity contribution in [1.82, 2.24) is 9.80 Å². The lowest BCUT2D eigenvalue weighted by atomic mass is 9.92. The summed E-state index contributed by atoms with van der Waals surface area (Å²) in [4.78, 5) is 29.2. The first-order valence-corrected chi connectivity index (χ1v) is 9.74. The van der Waals surface area contributed by atoms with E-state index in [-0.39, 0.29) is 17.7 Å². The van der Waals surface area contributed by atoms with E-state index in [4.69, 9.17) is 23.2 Å². The Labute approximate surface area is 159 Å². The molecule has 1 aromatic rings. The highest BCUT2D eigenvalue weighted by molar-refractivity contribution is 6.35. The van der Waals surface area contributed by atoms with Crippen molar-refractivity contribution in [1.29, 1.82) is 0 Å². The first-order chi connectivity index (χ1) is 12.0. The fourth-order valence-corrected chi connectivity index (χ4v) is 4.18. The molecule has 4 nitrogen and oxygen atoms in total. The second kappa shape index (κ2) is 7.96. The van der Waals surface area contributed by atoms with Gasteiger partial charge in [-0.15, -0.1) is 0 Å². The average Bonchev–Trinajstić information content (AvgIpc) is 2.62. The van der Waals surface area contributed by atoms with Crippen LogP contribution in [0.3, 0.4) is 0 Å². The van der Waals surface area contributed by atoms with Gasteiger partial charge in [0.15, 0.2) is 0 Å². The molecule has 1 aromatic carbocycles. The van der Waals surface area contributed by atoms with Crippen molar-refractivity contribution in [3.05, 3.63) is 33.8 Å². The monoisotopic (exact) mass is 382 g/mol. The third kappa shape index (κ3) is 4.29. The molecule has 136 valence electrons. The third-order valence-corrected chi connectivity index (χ3v) is 5.82. The second-order valence-electron chi connectivity index (χ2n) is 7.22. The summed E-state index contributed by atoms with van der Waals surface area (Å²) < 4.78 is 0. The van der Waals surface area contributed by atoms with Gasteiger partial charge in [-0.2, -0.15) is 0 Å². The van der Waals surface area contributed by atoms with Crippen LogP contribution in [0, 0.1) is 11.8 Å². The Hall–Kier alpha value is -1.26. The molecule has 0 spiro atoms. The molecular weight excluding hydrogens is 359 g/mol. The molecule has 2 aliphatic heterocycles. The molecule has 2 fully saturated rings. The molecule has 25 heavy (non-hydrogen) atoms. The van der Waals surface area contributed by atoms with Gasteiger partial charge in [0, 0.05) is 37.1 Å². The van der Waals surface area contributed by atoms with Crippen LogP contribution in [-0.4, -0.2) is 47.8 Å². The molecule has 2 heterocycles. The maximum absolute atomic E-state index is 12.7. The number of nitrogens with zero attached hydrogens (tertiary/aromatic N) is 2. The van der Waals surface area contributed by atoms with Crippen LogP contribution in [0.4, 0.5) is 0 Å². The quantitative estimate of drug-likeness (QED) is 0.772. The van der Waals surface area contributed by atoms with Gasteiger partial charge in [-0.25, -0.2) is 0 Å². The van der Waals surface area contributed by atoms with Crippen molar-refractivity contribution in [3.8, 4) is 0 Å². The summed E-state index contributed by atoms with van der Waals surface area (Å²) in [5, 5.41) is 0.909. The summed E-state index contributed by atoms with van der Waals surface area (Å²) in [6.07, 6.45) is 3.73. The number of benzene rings is 1. The number of hydrogen-bond donors (Lipinski definition) is 0. The van der Waals surface area contributed by atoms with Gasteiger partial charge < -0.3 is 9.80 Å². The van der Waals surface area contributed by atoms with Crippen molar-refractivity contribution in [2.75, 3.05) is 26.2 Å². The Balaban J connectivity index is 1.59. The number of piperidine rings is 2. The van der Waals surface area contributed by atoms with Crippen LogP contribution in [0.1, 0.15) is 43.0 Å². The number of rotatable bonds is 2. The zero-order valence-corrected chi connectivity index (χ0v) is 16.0. The van der Waals surface area contributed by atoms with Gasteiger partial charge in [0.05, 0.1) is 10.6 Å². The number of likely N-dealkylation sites (tertiary alicyclic amines) is 2. The largest absolute Gasteiger partial charge is 0.342 e. The predicted octanol–water partition coefficient (Wildman–Crippen LogP) is 4.10. The molecule has 2 aliphatic rings. The van der Waals surface area contributed by atoms with E-state index < -0.39 is 0 Å². The van der Waals surface area contributed by atoms with Gasteiger partial charge in [-0.1, -0.05) is 30.1 Å². The lowest BCUT2D eigenvalue weighted by Crippen LogP contribution is -2.47. The number of amides is 2. The Morgan fingerprint density at radius 2 is 1.76 bits per heavy atom. The SMILES string of the molecule is CC1CCCN(C(=O)C2CCN(C(=O)c3cc(Cl)ccc3Cl)CC2)C1. The minimum atomic E-state index is -0.106. The molecule has 2 amide bonds. The Morgan fingerprint density at radius 3 is 2.44 bits per heavy atom. The van der Waals surface area contributed by atoms with Gasteiger partial charge in [0.25, 0.3) is 5.91 Å². The number of carbonyl (C=O) groups excluding carboxylic acids is 2. The molecule has 6 heteroatoms. The third-order valence-electron chi connectivity index (χ3n) is 5.26. The molecule has 0 aliphatic carbocycles. The van der Waals surface area contributed by atoms with E-state index in [2.05, 4.69) is 6.92 Å². The summed E-state index contributed by atoms with van der Waals surface area (Å²) in [5.41, 5.74) is 0.434. The van der Waals surface area contributed by atoms with Gasteiger partial charge in [0.1, 0.15) is 0 Å². The van der Waals surface area contributed by atoms with Gasteiger partial charge in [0.2, 0.25) is 5.91 Å². The number of halogens is 2. The van der Waals surface area contributed by atoms with Crippen molar-refractivity contribution in [2.24, 2.45) is 11.8 Å². The molecule has 1 atom stereocenters. The minimum Gasteiger partial charge on any atom is -0.342 e. The zero-order chi connectivity index (χ0) is 18.0. The Bertz CT molecular complexity index is 657. The van der Waals surface area contributed by atoms with E-state index >= 15 is 0 Å². The van der Waals surface area contributed by atoms with Gasteiger partial charge in [-0.05, 0) is 49.8 Å². The Morgan fingerprint density at radius 1 is 1.04 bits per heavy atom. The zero-order valence-electron chi connectivity index (χ0n) is 14.5. The van der Waals surface area contributed by atoms with E-state index in [1.54, 1.807) is 23.1 Å². The molecule has 0 N–H and O–H groups in total. The van der Waals surface area contributed by atoms with Crippen LogP contribution in [0.5, 0.6) is 0 Å². The summed E-state index contributed by atoms with van der Waals surface area (Å²) in [6.45, 7) is 5.12. The fraction of sp³-hybridized carbons (Fsp3) is 0.579. The van der Waals surface area contributed by atoms with Crippen LogP contribution in [0.2, 0.25) is 10.0 Å². The van der Waals surface area contributed by atoms with E-state index in [1.165, 1.54) is 6.42 Å². The minimum absolute atomic E-state index is 0.0317. The first kappa shape index (κ1) is 18.5. The topological polar surface area (TPSA) is 40.6 Å². The van der Waals surface area contributed by atoms with Crippen LogP contribution < -0.4 is 0 Å². The molecule has 0 radical (unpaired) electrons. The molecule has 0 saturated carbocycles. The van der Waals surface area contributed by atoms with E-state index in [1.807, 2.05) is 4.90 Å². The molecule has 0 bridgehead atoms. The number of carbonyl (C=O) groups is 2. The number of hydrogen-bond acceptors (Lipinski definition) is 2. The lowest BCUT2D eigenvalue weighted by molar-refractivity contribution is -0.138. The van der Waals surface area contributed by atoms with Crippen molar-refractivity contribution in [2.45, 2.75) is 32.6 Å². The summed E-state index contributed by atoms with van der Waals surface area (Å²) in [5.74, 6) is 0.776. The highest BCUT2D eigenvalue weighted by atomic mass is 35.5. The van der Waals surface area contributed by atoms with Crippen molar-refractivity contribution in [3.63, 3.8) is 0 Å². The predicted molar refractivity (Wildman–Crippen MR) is 100 cm³/mol. The van der Waals surface area contributed by atoms with Crippen LogP contribution in [0.15, 0.2) is 18.2 Å². The highest BCUT2D eigenvalue weighted by Crippen LogP contribution is 2.27. The standard InChI is InChI=1S/C19H24Cl2N2O2/c1-13-3-2-8-23(12-13)18(24)14-6-9-22(10-7-14)19(25)16-11-15(20)4-5-17(16)21/h4-5,11,13-14H,2-3,6-10,12H2,1H3. The van der Waals surface area contributed by atoms with E-state index in [0.717, 1.165) is 19.5 Å². The smallest absolute Gasteiger partial charge is 0.255 e. The average molecular weight is 383 g/mol.